The van der Waals surface area contributed by atoms with Crippen LogP contribution >= 0.6 is 0 Å². The fraction of sp³-hybridized carbons (Fsp3) is 0.375. The maximum atomic E-state index is 12.4. The van der Waals surface area contributed by atoms with E-state index in [1.807, 2.05) is 42.9 Å². The number of fused-ring (bicyclic) bond motifs is 1. The number of carbonyl (C=O) groups is 1. The van der Waals surface area contributed by atoms with Crippen molar-refractivity contribution in [1.29, 1.82) is 0 Å². The van der Waals surface area contributed by atoms with Crippen LogP contribution in [0.3, 0.4) is 0 Å². The van der Waals surface area contributed by atoms with E-state index in [1.54, 1.807) is 23.2 Å². The molecule has 3 aromatic rings. The zero-order chi connectivity index (χ0) is 24.1. The predicted octanol–water partition coefficient (Wildman–Crippen LogP) is 2.96. The molecule has 0 saturated heterocycles. The lowest BCUT2D eigenvalue weighted by Crippen LogP contribution is -2.31. The van der Waals surface area contributed by atoms with Crippen LogP contribution < -0.4 is 10.0 Å². The average Bonchev–Trinajstić information content (AvgIpc) is 3.35. The van der Waals surface area contributed by atoms with Gasteiger partial charge in [0, 0.05) is 42.5 Å². The van der Waals surface area contributed by atoms with Gasteiger partial charge < -0.3 is 5.32 Å². The van der Waals surface area contributed by atoms with Crippen LogP contribution in [0.4, 0.5) is 0 Å². The summed E-state index contributed by atoms with van der Waals surface area (Å²) in [5, 5.41) is 8.69. The third-order valence-electron chi connectivity index (χ3n) is 5.94. The number of carbonyl (C=O) groups excluding carboxylic acids is 1. The van der Waals surface area contributed by atoms with Crippen LogP contribution in [0.5, 0.6) is 0 Å². The van der Waals surface area contributed by atoms with Crippen LogP contribution in [0.1, 0.15) is 43.4 Å². The fourth-order valence-electron chi connectivity index (χ4n) is 4.32. The van der Waals surface area contributed by atoms with E-state index in [0.717, 1.165) is 29.7 Å². The van der Waals surface area contributed by atoms with Crippen LogP contribution in [0.2, 0.25) is 0 Å². The molecule has 0 unspecified atom stereocenters. The van der Waals surface area contributed by atoms with Gasteiger partial charge in [-0.15, -0.1) is 0 Å². The lowest BCUT2D eigenvalue weighted by Gasteiger charge is -2.21. The Morgan fingerprint density at radius 2 is 2.03 bits per heavy atom. The summed E-state index contributed by atoms with van der Waals surface area (Å²) in [6.45, 7) is 1.83. The van der Waals surface area contributed by atoms with Crippen molar-refractivity contribution in [3.8, 4) is 5.82 Å². The normalized spacial score (nSPS) is 15.5. The summed E-state index contributed by atoms with van der Waals surface area (Å²) in [6, 6.07) is 6.19. The summed E-state index contributed by atoms with van der Waals surface area (Å²) in [5.41, 5.74) is 2.18. The Morgan fingerprint density at radius 1 is 1.24 bits per heavy atom. The molecule has 1 amide bonds. The molecule has 1 aliphatic rings. The molecule has 0 bridgehead atoms. The Kier molecular flexibility index (Phi) is 7.16. The van der Waals surface area contributed by atoms with E-state index in [1.165, 1.54) is 31.4 Å². The van der Waals surface area contributed by atoms with Gasteiger partial charge in [-0.1, -0.05) is 25.3 Å². The Morgan fingerprint density at radius 3 is 2.82 bits per heavy atom. The Bertz CT molecular complexity index is 1330. The zero-order valence-corrected chi connectivity index (χ0v) is 20.3. The first-order chi connectivity index (χ1) is 16.3. The summed E-state index contributed by atoms with van der Waals surface area (Å²) >= 11 is 0. The Balaban J connectivity index is 1.43. The molecular weight excluding hydrogens is 452 g/mol. The second-order valence-corrected chi connectivity index (χ2v) is 10.3. The van der Waals surface area contributed by atoms with E-state index in [0.29, 0.717) is 17.3 Å². The van der Waals surface area contributed by atoms with Crippen molar-refractivity contribution in [2.24, 2.45) is 7.05 Å². The Hall–Kier alpha value is -3.40. The SMILES string of the molecule is Cc1nn(C)c(-n2ccc3cccnc32)c1/C=C/C(=O)NS(=O)(=O)CC=CNC1CCCCC1. The molecule has 0 aliphatic heterocycles. The summed E-state index contributed by atoms with van der Waals surface area (Å²) in [6.07, 6.45) is 15.5. The van der Waals surface area contributed by atoms with E-state index < -0.39 is 15.9 Å². The number of hydrogen-bond donors (Lipinski definition) is 2. The third-order valence-corrected chi connectivity index (χ3v) is 7.09. The van der Waals surface area contributed by atoms with Gasteiger partial charge in [0.1, 0.15) is 11.5 Å². The van der Waals surface area contributed by atoms with Crippen molar-refractivity contribution in [2.75, 3.05) is 5.75 Å². The van der Waals surface area contributed by atoms with Crippen LogP contribution in [0.15, 0.2) is 48.9 Å². The highest BCUT2D eigenvalue weighted by Gasteiger charge is 2.17. The minimum absolute atomic E-state index is 0.273. The number of pyridine rings is 1. The molecule has 1 saturated carbocycles. The van der Waals surface area contributed by atoms with Crippen molar-refractivity contribution >= 4 is 33.0 Å². The number of aryl methyl sites for hydroxylation is 2. The predicted molar refractivity (Wildman–Crippen MR) is 133 cm³/mol. The molecule has 1 fully saturated rings. The van der Waals surface area contributed by atoms with Gasteiger partial charge in [-0.2, -0.15) is 5.10 Å². The van der Waals surface area contributed by atoms with Crippen molar-refractivity contribution in [3.05, 3.63) is 60.2 Å². The molecule has 34 heavy (non-hydrogen) atoms. The van der Waals surface area contributed by atoms with Crippen molar-refractivity contribution < 1.29 is 13.2 Å². The number of amides is 1. The highest BCUT2D eigenvalue weighted by atomic mass is 32.2. The van der Waals surface area contributed by atoms with Crippen molar-refractivity contribution in [1.82, 2.24) is 29.4 Å². The van der Waals surface area contributed by atoms with Crippen LogP contribution in [0, 0.1) is 6.92 Å². The smallest absolute Gasteiger partial charge is 0.257 e. The molecule has 3 heterocycles. The number of hydrogen-bond acceptors (Lipinski definition) is 6. The van der Waals surface area contributed by atoms with Gasteiger partial charge in [-0.05, 0) is 50.2 Å². The maximum absolute atomic E-state index is 12.4. The topological polar surface area (TPSA) is 111 Å². The minimum Gasteiger partial charge on any atom is -0.388 e. The summed E-state index contributed by atoms with van der Waals surface area (Å²) in [7, 11) is -1.98. The third kappa shape index (κ3) is 5.56. The number of sulfonamides is 1. The van der Waals surface area contributed by atoms with Gasteiger partial charge in [0.15, 0.2) is 0 Å². The van der Waals surface area contributed by atoms with E-state index in [4.69, 9.17) is 0 Å². The lowest BCUT2D eigenvalue weighted by atomic mass is 9.96. The molecule has 10 heteroatoms. The summed E-state index contributed by atoms with van der Waals surface area (Å²) < 4.78 is 30.3. The summed E-state index contributed by atoms with van der Waals surface area (Å²) in [5.74, 6) is -0.252. The second-order valence-electron chi connectivity index (χ2n) is 8.53. The molecule has 0 aromatic carbocycles. The minimum atomic E-state index is -3.79. The van der Waals surface area contributed by atoms with Gasteiger partial charge in [0.05, 0.1) is 11.4 Å². The Labute approximate surface area is 199 Å². The molecule has 0 radical (unpaired) electrons. The van der Waals surface area contributed by atoms with Crippen LogP contribution in [-0.4, -0.2) is 45.5 Å². The molecule has 1 aliphatic carbocycles. The van der Waals surface area contributed by atoms with Crippen molar-refractivity contribution in [3.63, 3.8) is 0 Å². The van der Waals surface area contributed by atoms with E-state index in [-0.39, 0.29) is 5.75 Å². The highest BCUT2D eigenvalue weighted by Crippen LogP contribution is 2.24. The molecule has 3 aromatic heterocycles. The first-order valence-corrected chi connectivity index (χ1v) is 13.1. The van der Waals surface area contributed by atoms with E-state index in [2.05, 4.69) is 20.1 Å². The monoisotopic (exact) mass is 482 g/mol. The standard InChI is InChI=1S/C24H30N6O3S/c1-18-21(24(29(2)27-18)30-16-13-19-8-6-14-26-23(19)30)11-12-22(31)28-34(32,33)17-7-15-25-20-9-4-3-5-10-20/h6-8,11-16,20,25H,3-5,9-10,17H2,1-2H3,(H,28,31)/b12-11+,15-7?. The second kappa shape index (κ2) is 10.3. The van der Waals surface area contributed by atoms with Crippen molar-refractivity contribution in [2.45, 2.75) is 45.1 Å². The molecule has 0 atom stereocenters. The number of nitrogens with one attached hydrogen (secondary N) is 2. The number of aromatic nitrogens is 4. The quantitative estimate of drug-likeness (QED) is 0.478. The van der Waals surface area contributed by atoms with Crippen LogP contribution in [-0.2, 0) is 21.9 Å². The summed E-state index contributed by atoms with van der Waals surface area (Å²) in [4.78, 5) is 16.8. The van der Waals surface area contributed by atoms with Gasteiger partial charge in [-0.3, -0.25) is 14.0 Å². The zero-order valence-electron chi connectivity index (χ0n) is 19.4. The van der Waals surface area contributed by atoms with Gasteiger partial charge in [-0.25, -0.2) is 18.1 Å². The average molecular weight is 483 g/mol. The molecule has 180 valence electrons. The van der Waals surface area contributed by atoms with Crippen LogP contribution in [0.25, 0.3) is 22.9 Å². The molecular formula is C24H30N6O3S. The fourth-order valence-corrected chi connectivity index (χ4v) is 5.12. The largest absolute Gasteiger partial charge is 0.388 e. The van der Waals surface area contributed by atoms with Gasteiger partial charge in [0.2, 0.25) is 10.0 Å². The maximum Gasteiger partial charge on any atom is 0.257 e. The van der Waals surface area contributed by atoms with E-state index >= 15 is 0 Å². The number of nitrogens with zero attached hydrogens (tertiary/aromatic N) is 4. The first kappa shape index (κ1) is 23.7. The molecule has 4 rings (SSSR count). The van der Waals surface area contributed by atoms with Gasteiger partial charge in [0.25, 0.3) is 5.91 Å². The lowest BCUT2D eigenvalue weighted by molar-refractivity contribution is -0.114. The molecule has 9 nitrogen and oxygen atoms in total. The highest BCUT2D eigenvalue weighted by molar-refractivity contribution is 7.90. The number of rotatable bonds is 8. The molecule has 0 spiro atoms. The first-order valence-electron chi connectivity index (χ1n) is 11.4. The van der Waals surface area contributed by atoms with Gasteiger partial charge >= 0.3 is 0 Å². The molecule has 2 N–H and O–H groups in total. The van der Waals surface area contributed by atoms with E-state index in [9.17, 15) is 13.2 Å².